The minimum atomic E-state index is -0.0206. The molecule has 3 heteroatoms. The number of nitrogens with zero attached hydrogens (tertiary/aromatic N) is 1. The second-order valence-corrected chi connectivity index (χ2v) is 5.93. The fraction of sp³-hybridized carbons (Fsp3) is 0.389. The van der Waals surface area contributed by atoms with Crippen molar-refractivity contribution in [1.29, 1.82) is 0 Å². The Morgan fingerprint density at radius 3 is 2.67 bits per heavy atom. The fourth-order valence-electron chi connectivity index (χ4n) is 3.07. The molecule has 1 N–H and O–H groups in total. The molecule has 1 aliphatic carbocycles. The van der Waals surface area contributed by atoms with E-state index in [1.807, 2.05) is 36.9 Å². The number of rotatable bonds is 3. The van der Waals surface area contributed by atoms with Crippen molar-refractivity contribution < 1.29 is 4.79 Å². The Bertz CT molecular complexity index is 657. The molecule has 3 nitrogen and oxygen atoms in total. The van der Waals surface area contributed by atoms with Crippen molar-refractivity contribution in [1.82, 2.24) is 9.88 Å². The number of nitrogens with one attached hydrogen (secondary N) is 1. The number of hydrogen-bond acceptors (Lipinski definition) is 1. The van der Waals surface area contributed by atoms with Crippen LogP contribution in [0.1, 0.15) is 53.0 Å². The van der Waals surface area contributed by atoms with Crippen LogP contribution in [0.3, 0.4) is 0 Å². The van der Waals surface area contributed by atoms with Crippen molar-refractivity contribution in [3.63, 3.8) is 0 Å². The molecular weight excluding hydrogens is 260 g/mol. The average molecular weight is 282 g/mol. The zero-order valence-electron chi connectivity index (χ0n) is 12.7. The number of hydrogen-bond donors (Lipinski definition) is 1. The summed E-state index contributed by atoms with van der Waals surface area (Å²) in [5.74, 6) is -0.0206. The van der Waals surface area contributed by atoms with Gasteiger partial charge in [0.2, 0.25) is 0 Å². The number of carbonyl (C=O) groups is 1. The normalized spacial score (nSPS) is 15.3. The molecular formula is C18H22N2O. The molecule has 21 heavy (non-hydrogen) atoms. The van der Waals surface area contributed by atoms with E-state index in [1.165, 1.54) is 42.4 Å². The van der Waals surface area contributed by atoms with Crippen molar-refractivity contribution in [2.45, 2.75) is 38.6 Å². The average Bonchev–Trinajstić information content (AvgIpc) is 2.93. The SMILES string of the molecule is CC(NC(=O)c1cccn1C)c1ccc2c(c1)CCCC2. The molecule has 0 fully saturated rings. The highest BCUT2D eigenvalue weighted by Crippen LogP contribution is 2.24. The van der Waals surface area contributed by atoms with Crippen molar-refractivity contribution in [3.8, 4) is 0 Å². The number of carbonyl (C=O) groups excluding carboxylic acids is 1. The molecule has 0 radical (unpaired) electrons. The number of fused-ring (bicyclic) bond motifs is 1. The molecule has 1 aliphatic rings. The summed E-state index contributed by atoms with van der Waals surface area (Å²) in [6.45, 7) is 2.05. The van der Waals surface area contributed by atoms with E-state index in [2.05, 4.69) is 23.5 Å². The summed E-state index contributed by atoms with van der Waals surface area (Å²) in [5.41, 5.74) is 4.82. The van der Waals surface area contributed by atoms with Gasteiger partial charge in [0, 0.05) is 13.2 Å². The van der Waals surface area contributed by atoms with Crippen molar-refractivity contribution in [3.05, 3.63) is 58.9 Å². The monoisotopic (exact) mass is 282 g/mol. The van der Waals surface area contributed by atoms with Crippen LogP contribution in [-0.4, -0.2) is 10.5 Å². The van der Waals surface area contributed by atoms with Crippen LogP contribution >= 0.6 is 0 Å². The van der Waals surface area contributed by atoms with Gasteiger partial charge in [-0.1, -0.05) is 18.2 Å². The molecule has 1 aromatic carbocycles. The Hall–Kier alpha value is -2.03. The first kappa shape index (κ1) is 13.9. The summed E-state index contributed by atoms with van der Waals surface area (Å²) >= 11 is 0. The molecule has 1 heterocycles. The van der Waals surface area contributed by atoms with Gasteiger partial charge in [0.05, 0.1) is 6.04 Å². The molecule has 1 unspecified atom stereocenters. The van der Waals surface area contributed by atoms with E-state index < -0.39 is 0 Å². The Balaban J connectivity index is 1.75. The van der Waals surface area contributed by atoms with Gasteiger partial charge in [-0.05, 0) is 61.4 Å². The molecule has 3 rings (SSSR count). The number of aryl methyl sites for hydroxylation is 3. The summed E-state index contributed by atoms with van der Waals surface area (Å²) < 4.78 is 1.84. The van der Waals surface area contributed by atoms with Crippen LogP contribution in [0.5, 0.6) is 0 Å². The largest absolute Gasteiger partial charge is 0.347 e. The number of amides is 1. The highest BCUT2D eigenvalue weighted by molar-refractivity contribution is 5.92. The first-order valence-electron chi connectivity index (χ1n) is 7.69. The standard InChI is InChI=1S/C18H22N2O/c1-13(19-18(21)17-8-5-11-20(17)2)15-10-9-14-6-3-4-7-16(14)12-15/h5,8-13H,3-4,6-7H2,1-2H3,(H,19,21). The van der Waals surface area contributed by atoms with Crippen LogP contribution in [0.15, 0.2) is 36.5 Å². The van der Waals surface area contributed by atoms with Gasteiger partial charge in [-0.25, -0.2) is 0 Å². The van der Waals surface area contributed by atoms with Gasteiger partial charge in [-0.15, -0.1) is 0 Å². The van der Waals surface area contributed by atoms with E-state index in [0.717, 1.165) is 0 Å². The minimum Gasteiger partial charge on any atom is -0.347 e. The molecule has 1 atom stereocenters. The van der Waals surface area contributed by atoms with Gasteiger partial charge in [0.25, 0.3) is 5.91 Å². The lowest BCUT2D eigenvalue weighted by Gasteiger charge is -2.20. The molecule has 110 valence electrons. The predicted molar refractivity (Wildman–Crippen MR) is 84.4 cm³/mol. The highest BCUT2D eigenvalue weighted by atomic mass is 16.2. The van der Waals surface area contributed by atoms with Crippen LogP contribution in [0.2, 0.25) is 0 Å². The fourth-order valence-corrected chi connectivity index (χ4v) is 3.07. The van der Waals surface area contributed by atoms with Gasteiger partial charge in [-0.2, -0.15) is 0 Å². The zero-order valence-corrected chi connectivity index (χ0v) is 12.7. The van der Waals surface area contributed by atoms with Crippen molar-refractivity contribution in [2.24, 2.45) is 7.05 Å². The van der Waals surface area contributed by atoms with Gasteiger partial charge < -0.3 is 9.88 Å². The number of benzene rings is 1. The molecule has 1 aromatic heterocycles. The molecule has 0 saturated heterocycles. The first-order valence-corrected chi connectivity index (χ1v) is 7.69. The Morgan fingerprint density at radius 1 is 1.19 bits per heavy atom. The lowest BCUT2D eigenvalue weighted by atomic mass is 9.89. The van der Waals surface area contributed by atoms with Crippen LogP contribution in [0, 0.1) is 0 Å². The van der Waals surface area contributed by atoms with Crippen molar-refractivity contribution in [2.75, 3.05) is 0 Å². The summed E-state index contributed by atoms with van der Waals surface area (Å²) in [4.78, 5) is 12.3. The first-order chi connectivity index (χ1) is 10.1. The van der Waals surface area contributed by atoms with Gasteiger partial charge in [0.15, 0.2) is 0 Å². The number of aromatic nitrogens is 1. The third kappa shape index (κ3) is 2.87. The van der Waals surface area contributed by atoms with Crippen molar-refractivity contribution >= 4 is 5.91 Å². The van der Waals surface area contributed by atoms with Crippen LogP contribution in [-0.2, 0) is 19.9 Å². The van der Waals surface area contributed by atoms with E-state index in [4.69, 9.17) is 0 Å². The lowest BCUT2D eigenvalue weighted by Crippen LogP contribution is -2.28. The molecule has 0 aliphatic heterocycles. The molecule has 1 amide bonds. The summed E-state index contributed by atoms with van der Waals surface area (Å²) in [5, 5.41) is 3.09. The Kier molecular flexibility index (Phi) is 3.82. The molecule has 2 aromatic rings. The second kappa shape index (κ2) is 5.76. The van der Waals surface area contributed by atoms with Crippen LogP contribution in [0.4, 0.5) is 0 Å². The second-order valence-electron chi connectivity index (χ2n) is 5.93. The van der Waals surface area contributed by atoms with E-state index >= 15 is 0 Å². The predicted octanol–water partition coefficient (Wildman–Crippen LogP) is 3.39. The minimum absolute atomic E-state index is 0.0206. The van der Waals surface area contributed by atoms with E-state index in [9.17, 15) is 4.79 Å². The van der Waals surface area contributed by atoms with Crippen LogP contribution < -0.4 is 5.32 Å². The van der Waals surface area contributed by atoms with E-state index in [0.29, 0.717) is 5.69 Å². The highest BCUT2D eigenvalue weighted by Gasteiger charge is 2.15. The third-order valence-corrected chi connectivity index (χ3v) is 4.40. The maximum absolute atomic E-state index is 12.3. The smallest absolute Gasteiger partial charge is 0.268 e. The van der Waals surface area contributed by atoms with Gasteiger partial charge in [-0.3, -0.25) is 4.79 Å². The van der Waals surface area contributed by atoms with E-state index in [-0.39, 0.29) is 11.9 Å². The van der Waals surface area contributed by atoms with Gasteiger partial charge >= 0.3 is 0 Å². The summed E-state index contributed by atoms with van der Waals surface area (Å²) in [6, 6.07) is 10.4. The summed E-state index contributed by atoms with van der Waals surface area (Å²) in [6.07, 6.45) is 6.83. The Morgan fingerprint density at radius 2 is 1.95 bits per heavy atom. The Labute approximate surface area is 126 Å². The molecule has 0 bridgehead atoms. The quantitative estimate of drug-likeness (QED) is 0.920. The van der Waals surface area contributed by atoms with Crippen LogP contribution in [0.25, 0.3) is 0 Å². The van der Waals surface area contributed by atoms with E-state index in [1.54, 1.807) is 0 Å². The lowest BCUT2D eigenvalue weighted by molar-refractivity contribution is 0.0931. The van der Waals surface area contributed by atoms with Gasteiger partial charge in [0.1, 0.15) is 5.69 Å². The summed E-state index contributed by atoms with van der Waals surface area (Å²) in [7, 11) is 1.89. The molecule has 0 saturated carbocycles. The maximum atomic E-state index is 12.3. The topological polar surface area (TPSA) is 34.0 Å². The zero-order chi connectivity index (χ0) is 14.8. The molecule has 0 spiro atoms. The maximum Gasteiger partial charge on any atom is 0.268 e. The third-order valence-electron chi connectivity index (χ3n) is 4.40.